The molecular weight excluding hydrogens is 352 g/mol. The lowest BCUT2D eigenvalue weighted by molar-refractivity contribution is 0.247. The number of para-hydroxylation sites is 1. The minimum atomic E-state index is -3.90. The second kappa shape index (κ2) is 7.86. The molecule has 1 unspecified atom stereocenters. The van der Waals surface area contributed by atoms with Gasteiger partial charge in [-0.1, -0.05) is 42.5 Å². The van der Waals surface area contributed by atoms with Crippen molar-refractivity contribution in [2.24, 2.45) is 5.14 Å². The van der Waals surface area contributed by atoms with E-state index in [2.05, 4.69) is 27.7 Å². The number of likely N-dealkylation sites (tertiary alicyclic amines) is 1. The summed E-state index contributed by atoms with van der Waals surface area (Å²) in [5.74, 6) is 0. The van der Waals surface area contributed by atoms with Crippen molar-refractivity contribution >= 4 is 21.7 Å². The molecule has 7 nitrogen and oxygen atoms in total. The Labute approximate surface area is 153 Å². The maximum Gasteiger partial charge on any atom is 0.319 e. The third-order valence-corrected chi connectivity index (χ3v) is 5.27. The van der Waals surface area contributed by atoms with Crippen LogP contribution in [0.2, 0.25) is 0 Å². The van der Waals surface area contributed by atoms with Crippen molar-refractivity contribution in [3.63, 3.8) is 0 Å². The molecule has 1 saturated heterocycles. The summed E-state index contributed by atoms with van der Waals surface area (Å²) in [4.78, 5) is 14.4. The van der Waals surface area contributed by atoms with E-state index in [0.717, 1.165) is 26.1 Å². The Hall–Kier alpha value is -2.42. The van der Waals surface area contributed by atoms with Crippen molar-refractivity contribution < 1.29 is 13.2 Å². The zero-order valence-electron chi connectivity index (χ0n) is 14.3. The number of carbonyl (C=O) groups excluding carboxylic acids is 1. The van der Waals surface area contributed by atoms with Gasteiger partial charge in [0.2, 0.25) is 10.0 Å². The summed E-state index contributed by atoms with van der Waals surface area (Å²) in [6.07, 6.45) is 0.844. The minimum absolute atomic E-state index is 0.0142. The SMILES string of the molecule is NS(=O)(=O)c1ccccc1NC(=O)NC1CCN(Cc2ccccc2)C1. The Kier molecular flexibility index (Phi) is 5.55. The van der Waals surface area contributed by atoms with Crippen LogP contribution in [0.1, 0.15) is 12.0 Å². The van der Waals surface area contributed by atoms with Gasteiger partial charge >= 0.3 is 6.03 Å². The van der Waals surface area contributed by atoms with Crippen LogP contribution in [0.25, 0.3) is 0 Å². The maximum absolute atomic E-state index is 12.2. The van der Waals surface area contributed by atoms with E-state index in [4.69, 9.17) is 5.14 Å². The second-order valence-electron chi connectivity index (χ2n) is 6.35. The predicted molar refractivity (Wildman–Crippen MR) is 100 cm³/mol. The van der Waals surface area contributed by atoms with E-state index >= 15 is 0 Å². The lowest BCUT2D eigenvalue weighted by atomic mass is 10.2. The van der Waals surface area contributed by atoms with E-state index in [1.54, 1.807) is 12.1 Å². The molecule has 0 aromatic heterocycles. The maximum atomic E-state index is 12.2. The minimum Gasteiger partial charge on any atom is -0.334 e. The van der Waals surface area contributed by atoms with Gasteiger partial charge in [0.1, 0.15) is 4.90 Å². The Bertz CT molecular complexity index is 871. The first-order valence-corrected chi connectivity index (χ1v) is 9.92. The zero-order valence-corrected chi connectivity index (χ0v) is 15.1. The van der Waals surface area contributed by atoms with Gasteiger partial charge in [-0.05, 0) is 24.1 Å². The molecule has 138 valence electrons. The lowest BCUT2D eigenvalue weighted by Crippen LogP contribution is -2.39. The zero-order chi connectivity index (χ0) is 18.6. The van der Waals surface area contributed by atoms with Crippen LogP contribution in [0.15, 0.2) is 59.5 Å². The van der Waals surface area contributed by atoms with Crippen LogP contribution in [0.5, 0.6) is 0 Å². The summed E-state index contributed by atoms with van der Waals surface area (Å²) in [5, 5.41) is 10.7. The van der Waals surface area contributed by atoms with Crippen molar-refractivity contribution in [1.29, 1.82) is 0 Å². The Morgan fingerprint density at radius 2 is 1.81 bits per heavy atom. The number of nitrogens with two attached hydrogens (primary N) is 1. The first-order chi connectivity index (χ1) is 12.4. The fourth-order valence-electron chi connectivity index (χ4n) is 3.10. The van der Waals surface area contributed by atoms with E-state index in [0.29, 0.717) is 0 Å². The van der Waals surface area contributed by atoms with Crippen LogP contribution in [-0.4, -0.2) is 38.5 Å². The third-order valence-electron chi connectivity index (χ3n) is 4.30. The molecule has 26 heavy (non-hydrogen) atoms. The van der Waals surface area contributed by atoms with E-state index in [9.17, 15) is 13.2 Å². The number of anilines is 1. The summed E-state index contributed by atoms with van der Waals surface area (Å²) >= 11 is 0. The van der Waals surface area contributed by atoms with Crippen molar-refractivity contribution in [3.05, 3.63) is 60.2 Å². The molecular formula is C18H22N4O3S. The molecule has 0 radical (unpaired) electrons. The molecule has 2 amide bonds. The number of carbonyl (C=O) groups is 1. The highest BCUT2D eigenvalue weighted by atomic mass is 32.2. The van der Waals surface area contributed by atoms with Gasteiger partial charge in [0.05, 0.1) is 5.69 Å². The first-order valence-electron chi connectivity index (χ1n) is 8.37. The molecule has 0 aliphatic carbocycles. The summed E-state index contributed by atoms with van der Waals surface area (Å²) in [6, 6.07) is 15.8. The molecule has 0 saturated carbocycles. The van der Waals surface area contributed by atoms with Gasteiger partial charge in [0.25, 0.3) is 0 Å². The number of hydrogen-bond donors (Lipinski definition) is 3. The van der Waals surface area contributed by atoms with Gasteiger partial charge < -0.3 is 10.6 Å². The fourth-order valence-corrected chi connectivity index (χ4v) is 3.79. The summed E-state index contributed by atoms with van der Waals surface area (Å²) < 4.78 is 23.2. The van der Waals surface area contributed by atoms with Gasteiger partial charge in [-0.2, -0.15) is 0 Å². The van der Waals surface area contributed by atoms with Gasteiger partial charge in [0, 0.05) is 25.7 Å². The highest BCUT2D eigenvalue weighted by Gasteiger charge is 2.24. The van der Waals surface area contributed by atoms with Crippen molar-refractivity contribution in [2.75, 3.05) is 18.4 Å². The molecule has 1 aliphatic heterocycles. The average molecular weight is 374 g/mol. The molecule has 3 rings (SSSR count). The molecule has 1 atom stereocenters. The number of nitrogens with one attached hydrogen (secondary N) is 2. The number of sulfonamides is 1. The van der Waals surface area contributed by atoms with Gasteiger partial charge in [-0.15, -0.1) is 0 Å². The predicted octanol–water partition coefficient (Wildman–Crippen LogP) is 1.73. The molecule has 0 spiro atoms. The Morgan fingerprint density at radius 1 is 1.12 bits per heavy atom. The van der Waals surface area contributed by atoms with Crippen LogP contribution in [0, 0.1) is 0 Å². The quantitative estimate of drug-likeness (QED) is 0.741. The van der Waals surface area contributed by atoms with Crippen molar-refractivity contribution in [3.8, 4) is 0 Å². The molecule has 2 aromatic rings. The molecule has 1 fully saturated rings. The number of amides is 2. The third kappa shape index (κ3) is 4.81. The van der Waals surface area contributed by atoms with Gasteiger partial charge in [0.15, 0.2) is 0 Å². The molecule has 0 bridgehead atoms. The number of rotatable bonds is 5. The molecule has 4 N–H and O–H groups in total. The van der Waals surface area contributed by atoms with Crippen LogP contribution in [0.4, 0.5) is 10.5 Å². The van der Waals surface area contributed by atoms with Crippen LogP contribution < -0.4 is 15.8 Å². The molecule has 1 aliphatic rings. The number of primary sulfonamides is 1. The van der Waals surface area contributed by atoms with Crippen LogP contribution >= 0.6 is 0 Å². The smallest absolute Gasteiger partial charge is 0.319 e. The van der Waals surface area contributed by atoms with E-state index in [-0.39, 0.29) is 16.6 Å². The molecule has 1 heterocycles. The number of hydrogen-bond acceptors (Lipinski definition) is 4. The summed E-state index contributed by atoms with van der Waals surface area (Å²) in [7, 11) is -3.90. The van der Waals surface area contributed by atoms with E-state index in [1.165, 1.54) is 17.7 Å². The van der Waals surface area contributed by atoms with Gasteiger partial charge in [-0.25, -0.2) is 18.4 Å². The monoisotopic (exact) mass is 374 g/mol. The number of urea groups is 1. The van der Waals surface area contributed by atoms with Crippen molar-refractivity contribution in [1.82, 2.24) is 10.2 Å². The average Bonchev–Trinajstić information content (AvgIpc) is 3.02. The van der Waals surface area contributed by atoms with Crippen molar-refractivity contribution in [2.45, 2.75) is 23.9 Å². The lowest BCUT2D eigenvalue weighted by Gasteiger charge is -2.17. The van der Waals surface area contributed by atoms with Crippen LogP contribution in [-0.2, 0) is 16.6 Å². The molecule has 2 aromatic carbocycles. The standard InChI is InChI=1S/C18H22N4O3S/c19-26(24,25)17-9-5-4-8-16(17)21-18(23)20-15-10-11-22(13-15)12-14-6-2-1-3-7-14/h1-9,15H,10-13H2,(H2,19,24,25)(H2,20,21,23). The highest BCUT2D eigenvalue weighted by Crippen LogP contribution is 2.19. The van der Waals surface area contributed by atoms with E-state index < -0.39 is 16.1 Å². The number of nitrogens with zero attached hydrogens (tertiary/aromatic N) is 1. The molecule has 8 heteroatoms. The van der Waals surface area contributed by atoms with Crippen LogP contribution in [0.3, 0.4) is 0 Å². The summed E-state index contributed by atoms with van der Waals surface area (Å²) in [5.41, 5.74) is 1.41. The fraction of sp³-hybridized carbons (Fsp3) is 0.278. The first kappa shape index (κ1) is 18.4. The highest BCUT2D eigenvalue weighted by molar-refractivity contribution is 7.89. The Balaban J connectivity index is 1.55. The van der Waals surface area contributed by atoms with Gasteiger partial charge in [-0.3, -0.25) is 4.90 Å². The van der Waals surface area contributed by atoms with E-state index in [1.807, 2.05) is 18.2 Å². The number of benzene rings is 2. The summed E-state index contributed by atoms with van der Waals surface area (Å²) in [6.45, 7) is 2.49. The normalized spacial score (nSPS) is 17.8. The largest absolute Gasteiger partial charge is 0.334 e. The topological polar surface area (TPSA) is 105 Å². The Morgan fingerprint density at radius 3 is 2.54 bits per heavy atom. The second-order valence-corrected chi connectivity index (χ2v) is 7.88.